The molecule has 1 N–H and O–H groups in total. The molecule has 0 amide bonds. The van der Waals surface area contributed by atoms with E-state index in [-0.39, 0.29) is 5.41 Å². The average Bonchev–Trinajstić information content (AvgIpc) is 2.33. The van der Waals surface area contributed by atoms with Crippen LogP contribution in [0.25, 0.3) is 0 Å². The Morgan fingerprint density at radius 1 is 1.29 bits per heavy atom. The van der Waals surface area contributed by atoms with Gasteiger partial charge in [-0.3, -0.25) is 4.79 Å². The third kappa shape index (κ3) is 2.61. The molecule has 0 atom stereocenters. The number of nitrogens with one attached hydrogen (secondary N) is 1. The van der Waals surface area contributed by atoms with Crippen LogP contribution >= 0.6 is 15.9 Å². The molecule has 0 heterocycles. The van der Waals surface area contributed by atoms with Gasteiger partial charge in [0.25, 0.3) is 0 Å². The lowest BCUT2D eigenvalue weighted by atomic mass is 9.69. The Labute approximate surface area is 111 Å². The number of likely N-dealkylation sites (N-methyl/N-ethyl adjacent to an activating group) is 1. The van der Waals surface area contributed by atoms with E-state index < -0.39 is 0 Å². The number of Topliss-reactive ketones (excluding diaryl/α,β-unsaturated/α-hetero) is 1. The Bertz CT molecular complexity index is 406. The second-order valence-electron chi connectivity index (χ2n) is 4.83. The van der Waals surface area contributed by atoms with Crippen LogP contribution in [0.15, 0.2) is 28.7 Å². The number of halogens is 1. The summed E-state index contributed by atoms with van der Waals surface area (Å²) in [6, 6.07) is 8.38. The number of hydrogen-bond acceptors (Lipinski definition) is 2. The summed E-state index contributed by atoms with van der Waals surface area (Å²) in [6.45, 7) is 0.933. The lowest BCUT2D eigenvalue weighted by Gasteiger charge is -2.38. The van der Waals surface area contributed by atoms with Crippen molar-refractivity contribution in [2.24, 2.45) is 0 Å². The van der Waals surface area contributed by atoms with Crippen molar-refractivity contribution in [2.75, 3.05) is 13.6 Å². The van der Waals surface area contributed by atoms with Crippen molar-refractivity contribution < 1.29 is 4.79 Å². The summed E-state index contributed by atoms with van der Waals surface area (Å²) in [6.07, 6.45) is 3.33. The minimum absolute atomic E-state index is 0.114. The molecule has 0 bridgehead atoms. The van der Waals surface area contributed by atoms with E-state index in [4.69, 9.17) is 0 Å². The fourth-order valence-corrected chi connectivity index (χ4v) is 3.48. The number of rotatable bonds is 3. The molecule has 0 spiro atoms. The Kier molecular flexibility index (Phi) is 4.00. The van der Waals surface area contributed by atoms with Crippen LogP contribution in [0, 0.1) is 0 Å². The van der Waals surface area contributed by atoms with Gasteiger partial charge in [0.2, 0.25) is 0 Å². The molecule has 0 aromatic heterocycles. The van der Waals surface area contributed by atoms with Crippen LogP contribution in [0.1, 0.15) is 31.2 Å². The van der Waals surface area contributed by atoms with Crippen molar-refractivity contribution in [3.8, 4) is 0 Å². The van der Waals surface area contributed by atoms with Gasteiger partial charge in [0.1, 0.15) is 5.78 Å². The van der Waals surface area contributed by atoms with Gasteiger partial charge < -0.3 is 5.32 Å². The molecular formula is C14H18BrNO. The predicted molar refractivity (Wildman–Crippen MR) is 73.2 cm³/mol. The van der Waals surface area contributed by atoms with E-state index in [9.17, 15) is 4.79 Å². The molecule has 0 aliphatic heterocycles. The topological polar surface area (TPSA) is 29.1 Å². The molecule has 92 valence electrons. The molecule has 1 aromatic carbocycles. The summed E-state index contributed by atoms with van der Waals surface area (Å²) in [7, 11) is 1.98. The number of carbonyl (C=O) groups excluding carboxylic acids is 1. The second kappa shape index (κ2) is 5.32. The maximum absolute atomic E-state index is 11.4. The molecule has 0 saturated heterocycles. The average molecular weight is 296 g/mol. The van der Waals surface area contributed by atoms with Crippen LogP contribution in [0.4, 0.5) is 0 Å². The zero-order valence-electron chi connectivity index (χ0n) is 10.1. The highest BCUT2D eigenvalue weighted by molar-refractivity contribution is 9.10. The Morgan fingerprint density at radius 3 is 2.53 bits per heavy atom. The summed E-state index contributed by atoms with van der Waals surface area (Å²) in [5.74, 6) is 0.406. The number of benzene rings is 1. The Hall–Kier alpha value is -0.670. The minimum atomic E-state index is 0.114. The van der Waals surface area contributed by atoms with Crippen LogP contribution in [-0.2, 0) is 10.2 Å². The smallest absolute Gasteiger partial charge is 0.132 e. The van der Waals surface area contributed by atoms with E-state index in [1.165, 1.54) is 5.56 Å². The number of ketones is 1. The molecule has 0 radical (unpaired) electrons. The molecule has 0 unspecified atom stereocenters. The van der Waals surface area contributed by atoms with Crippen molar-refractivity contribution in [1.82, 2.24) is 5.32 Å². The van der Waals surface area contributed by atoms with Crippen molar-refractivity contribution >= 4 is 21.7 Å². The van der Waals surface area contributed by atoms with Crippen LogP contribution in [0.5, 0.6) is 0 Å². The van der Waals surface area contributed by atoms with Crippen LogP contribution in [-0.4, -0.2) is 19.4 Å². The second-order valence-corrected chi connectivity index (χ2v) is 5.68. The SMILES string of the molecule is CNCC1(c2ccccc2Br)CCC(=O)CC1. The molecule has 1 aliphatic rings. The van der Waals surface area contributed by atoms with Crippen molar-refractivity contribution in [2.45, 2.75) is 31.1 Å². The summed E-state index contributed by atoms with van der Waals surface area (Å²) in [4.78, 5) is 11.4. The summed E-state index contributed by atoms with van der Waals surface area (Å²) >= 11 is 3.64. The third-order valence-electron chi connectivity index (χ3n) is 3.73. The summed E-state index contributed by atoms with van der Waals surface area (Å²) in [5.41, 5.74) is 1.45. The van der Waals surface area contributed by atoms with Gasteiger partial charge in [0.05, 0.1) is 0 Å². The molecule has 2 rings (SSSR count). The monoisotopic (exact) mass is 295 g/mol. The van der Waals surface area contributed by atoms with Crippen LogP contribution in [0.2, 0.25) is 0 Å². The fraction of sp³-hybridized carbons (Fsp3) is 0.500. The van der Waals surface area contributed by atoms with E-state index in [0.29, 0.717) is 18.6 Å². The van der Waals surface area contributed by atoms with E-state index in [1.807, 2.05) is 13.1 Å². The number of hydrogen-bond donors (Lipinski definition) is 1. The highest BCUT2D eigenvalue weighted by Crippen LogP contribution is 2.40. The van der Waals surface area contributed by atoms with Gasteiger partial charge in [-0.15, -0.1) is 0 Å². The molecule has 1 aromatic rings. The highest BCUT2D eigenvalue weighted by Gasteiger charge is 2.36. The quantitative estimate of drug-likeness (QED) is 0.929. The van der Waals surface area contributed by atoms with E-state index in [0.717, 1.165) is 23.9 Å². The highest BCUT2D eigenvalue weighted by atomic mass is 79.9. The van der Waals surface area contributed by atoms with Gasteiger partial charge in [-0.1, -0.05) is 34.1 Å². The first-order chi connectivity index (χ1) is 8.18. The molecule has 1 aliphatic carbocycles. The summed E-state index contributed by atoms with van der Waals surface area (Å²) in [5, 5.41) is 3.29. The van der Waals surface area contributed by atoms with Crippen LogP contribution < -0.4 is 5.32 Å². The predicted octanol–water partition coefficient (Wildman–Crippen LogP) is 3.05. The lowest BCUT2D eigenvalue weighted by molar-refractivity contribution is -0.121. The largest absolute Gasteiger partial charge is 0.319 e. The standard InChI is InChI=1S/C14H18BrNO/c1-16-10-14(8-6-11(17)7-9-14)12-4-2-3-5-13(12)15/h2-5,16H,6-10H2,1H3. The first-order valence-corrected chi connectivity index (χ1v) is 6.88. The maximum Gasteiger partial charge on any atom is 0.132 e. The summed E-state index contributed by atoms with van der Waals surface area (Å²) < 4.78 is 1.16. The van der Waals surface area contributed by atoms with E-state index in [1.54, 1.807) is 0 Å². The van der Waals surface area contributed by atoms with Crippen molar-refractivity contribution in [1.29, 1.82) is 0 Å². The fourth-order valence-electron chi connectivity index (χ4n) is 2.78. The van der Waals surface area contributed by atoms with Gasteiger partial charge in [-0.25, -0.2) is 0 Å². The van der Waals surface area contributed by atoms with Gasteiger partial charge >= 0.3 is 0 Å². The Morgan fingerprint density at radius 2 is 1.94 bits per heavy atom. The molecule has 17 heavy (non-hydrogen) atoms. The van der Waals surface area contributed by atoms with Crippen LogP contribution in [0.3, 0.4) is 0 Å². The lowest BCUT2D eigenvalue weighted by Crippen LogP contribution is -2.40. The first kappa shape index (κ1) is 12.8. The zero-order valence-corrected chi connectivity index (χ0v) is 11.7. The minimum Gasteiger partial charge on any atom is -0.319 e. The first-order valence-electron chi connectivity index (χ1n) is 6.09. The number of carbonyl (C=O) groups is 1. The van der Waals surface area contributed by atoms with E-state index in [2.05, 4.69) is 39.4 Å². The Balaban J connectivity index is 2.34. The van der Waals surface area contributed by atoms with Gasteiger partial charge in [0, 0.05) is 29.3 Å². The van der Waals surface area contributed by atoms with Gasteiger partial charge in [-0.2, -0.15) is 0 Å². The zero-order chi connectivity index (χ0) is 12.3. The van der Waals surface area contributed by atoms with E-state index >= 15 is 0 Å². The third-order valence-corrected chi connectivity index (χ3v) is 4.42. The molecular weight excluding hydrogens is 278 g/mol. The molecule has 3 heteroatoms. The molecule has 1 fully saturated rings. The van der Waals surface area contributed by atoms with Crippen molar-refractivity contribution in [3.05, 3.63) is 34.3 Å². The van der Waals surface area contributed by atoms with Crippen molar-refractivity contribution in [3.63, 3.8) is 0 Å². The molecule has 2 nitrogen and oxygen atoms in total. The van der Waals surface area contributed by atoms with Gasteiger partial charge in [0.15, 0.2) is 0 Å². The normalized spacial score (nSPS) is 19.3. The maximum atomic E-state index is 11.4. The molecule has 1 saturated carbocycles. The van der Waals surface area contributed by atoms with Gasteiger partial charge in [-0.05, 0) is 31.5 Å².